The number of nitrogens with one attached hydrogen (secondary N) is 1. The fourth-order valence-corrected chi connectivity index (χ4v) is 1.71. The highest BCUT2D eigenvalue weighted by atomic mass is 19.4. The minimum absolute atomic E-state index is 0.175. The van der Waals surface area contributed by atoms with Crippen LogP contribution in [0.5, 0.6) is 0 Å². The largest absolute Gasteiger partial charge is 0.416 e. The summed E-state index contributed by atoms with van der Waals surface area (Å²) in [6, 6.07) is 2.55. The van der Waals surface area contributed by atoms with Crippen LogP contribution in [0.3, 0.4) is 0 Å². The van der Waals surface area contributed by atoms with Gasteiger partial charge in [0, 0.05) is 19.7 Å². The maximum atomic E-state index is 13.2. The highest BCUT2D eigenvalue weighted by Gasteiger charge is 2.31. The summed E-state index contributed by atoms with van der Waals surface area (Å²) in [4.78, 5) is 0. The number of ether oxygens (including phenoxy) is 1. The van der Waals surface area contributed by atoms with E-state index in [4.69, 9.17) is 4.74 Å². The fourth-order valence-electron chi connectivity index (χ4n) is 1.71. The molecular weight excluding hydrogens is 286 g/mol. The van der Waals surface area contributed by atoms with E-state index >= 15 is 0 Å². The molecule has 0 fully saturated rings. The predicted octanol–water partition coefficient (Wildman–Crippen LogP) is 4.00. The van der Waals surface area contributed by atoms with Gasteiger partial charge in [0.15, 0.2) is 0 Å². The lowest BCUT2D eigenvalue weighted by atomic mass is 10.1. The van der Waals surface area contributed by atoms with Crippen molar-refractivity contribution in [1.29, 1.82) is 0 Å². The molecule has 1 N–H and O–H groups in total. The van der Waals surface area contributed by atoms with Crippen molar-refractivity contribution in [2.24, 2.45) is 5.92 Å². The molecule has 0 saturated carbocycles. The van der Waals surface area contributed by atoms with Gasteiger partial charge in [0.1, 0.15) is 5.82 Å². The van der Waals surface area contributed by atoms with Gasteiger partial charge in [-0.25, -0.2) is 4.39 Å². The Morgan fingerprint density at radius 1 is 1.14 bits per heavy atom. The van der Waals surface area contributed by atoms with E-state index in [0.717, 1.165) is 18.6 Å². The zero-order valence-electron chi connectivity index (χ0n) is 12.3. The highest BCUT2D eigenvalue weighted by Crippen LogP contribution is 2.30. The third-order valence-corrected chi connectivity index (χ3v) is 2.88. The zero-order valence-corrected chi connectivity index (χ0v) is 12.3. The van der Waals surface area contributed by atoms with Crippen LogP contribution in [0.1, 0.15) is 31.4 Å². The smallest absolute Gasteiger partial charge is 0.380 e. The first-order valence-electron chi connectivity index (χ1n) is 6.94. The SMILES string of the molecule is CC(C)CCOCCNCc1cc(F)cc(C(F)(F)F)c1. The van der Waals surface area contributed by atoms with E-state index in [2.05, 4.69) is 19.2 Å². The molecule has 0 unspecified atom stereocenters. The molecule has 1 aromatic rings. The Morgan fingerprint density at radius 2 is 1.86 bits per heavy atom. The van der Waals surface area contributed by atoms with E-state index in [1.165, 1.54) is 0 Å². The van der Waals surface area contributed by atoms with Crippen LogP contribution < -0.4 is 5.32 Å². The summed E-state index contributed by atoms with van der Waals surface area (Å²) in [7, 11) is 0. The zero-order chi connectivity index (χ0) is 15.9. The number of benzene rings is 1. The molecule has 0 bridgehead atoms. The average Bonchev–Trinajstić information content (AvgIpc) is 2.35. The van der Waals surface area contributed by atoms with Crippen LogP contribution in [0.2, 0.25) is 0 Å². The quantitative estimate of drug-likeness (QED) is 0.579. The summed E-state index contributed by atoms with van der Waals surface area (Å²) in [6.45, 7) is 6.03. The minimum atomic E-state index is -4.53. The second-order valence-corrected chi connectivity index (χ2v) is 5.32. The number of halogens is 4. The lowest BCUT2D eigenvalue weighted by Crippen LogP contribution is -2.20. The van der Waals surface area contributed by atoms with Crippen LogP contribution in [0, 0.1) is 11.7 Å². The fraction of sp³-hybridized carbons (Fsp3) is 0.600. The van der Waals surface area contributed by atoms with Gasteiger partial charge in [-0.15, -0.1) is 0 Å². The molecule has 0 aromatic heterocycles. The van der Waals surface area contributed by atoms with Crippen LogP contribution in [-0.2, 0) is 17.5 Å². The summed E-state index contributed by atoms with van der Waals surface area (Å²) in [5, 5.41) is 2.94. The van der Waals surface area contributed by atoms with Gasteiger partial charge in [-0.1, -0.05) is 13.8 Å². The summed E-state index contributed by atoms with van der Waals surface area (Å²) in [6.07, 6.45) is -3.56. The average molecular weight is 307 g/mol. The molecule has 1 aromatic carbocycles. The Labute approximate surface area is 122 Å². The molecular formula is C15H21F4NO. The summed E-state index contributed by atoms with van der Waals surface area (Å²) in [5.74, 6) is -0.305. The van der Waals surface area contributed by atoms with Crippen molar-refractivity contribution >= 4 is 0 Å². The van der Waals surface area contributed by atoms with Crippen molar-refractivity contribution in [3.05, 3.63) is 35.1 Å². The van der Waals surface area contributed by atoms with E-state index in [-0.39, 0.29) is 12.1 Å². The molecule has 0 aliphatic rings. The first-order chi connectivity index (χ1) is 9.79. The third-order valence-electron chi connectivity index (χ3n) is 2.88. The molecule has 0 heterocycles. The Balaban J connectivity index is 2.34. The molecule has 120 valence electrons. The molecule has 0 atom stereocenters. The first-order valence-corrected chi connectivity index (χ1v) is 6.94. The van der Waals surface area contributed by atoms with Crippen LogP contribution in [-0.4, -0.2) is 19.8 Å². The number of rotatable bonds is 8. The van der Waals surface area contributed by atoms with Gasteiger partial charge in [-0.2, -0.15) is 13.2 Å². The van der Waals surface area contributed by atoms with E-state index in [1.54, 1.807) is 0 Å². The molecule has 6 heteroatoms. The van der Waals surface area contributed by atoms with Crippen LogP contribution >= 0.6 is 0 Å². The minimum Gasteiger partial charge on any atom is -0.380 e. The van der Waals surface area contributed by atoms with E-state index in [9.17, 15) is 17.6 Å². The molecule has 0 amide bonds. The molecule has 1 rings (SSSR count). The Morgan fingerprint density at radius 3 is 2.48 bits per heavy atom. The second kappa shape index (κ2) is 8.34. The van der Waals surface area contributed by atoms with Crippen molar-refractivity contribution in [2.75, 3.05) is 19.8 Å². The topological polar surface area (TPSA) is 21.3 Å². The molecule has 2 nitrogen and oxygen atoms in total. The molecule has 21 heavy (non-hydrogen) atoms. The van der Waals surface area contributed by atoms with Crippen LogP contribution in [0.4, 0.5) is 17.6 Å². The number of hydrogen-bond donors (Lipinski definition) is 1. The lowest BCUT2D eigenvalue weighted by Gasteiger charge is -2.11. The monoisotopic (exact) mass is 307 g/mol. The van der Waals surface area contributed by atoms with Crippen molar-refractivity contribution in [1.82, 2.24) is 5.32 Å². The molecule has 0 aliphatic carbocycles. The lowest BCUT2D eigenvalue weighted by molar-refractivity contribution is -0.137. The standard InChI is InChI=1S/C15H21F4NO/c1-11(2)3-5-21-6-4-20-10-12-7-13(15(17,18)19)9-14(16)8-12/h7-9,11,20H,3-6,10H2,1-2H3. The van der Waals surface area contributed by atoms with Gasteiger partial charge in [0.25, 0.3) is 0 Å². The molecule has 0 spiro atoms. The highest BCUT2D eigenvalue weighted by molar-refractivity contribution is 5.26. The van der Waals surface area contributed by atoms with Crippen molar-refractivity contribution in [3.63, 3.8) is 0 Å². The van der Waals surface area contributed by atoms with Crippen molar-refractivity contribution in [3.8, 4) is 0 Å². The van der Waals surface area contributed by atoms with E-state index < -0.39 is 17.6 Å². The van der Waals surface area contributed by atoms with Crippen molar-refractivity contribution < 1.29 is 22.3 Å². The van der Waals surface area contributed by atoms with Crippen LogP contribution in [0.15, 0.2) is 18.2 Å². The Bertz CT molecular complexity index is 432. The Hall–Kier alpha value is -1.14. The van der Waals surface area contributed by atoms with Gasteiger partial charge < -0.3 is 10.1 Å². The van der Waals surface area contributed by atoms with Gasteiger partial charge in [0.2, 0.25) is 0 Å². The molecule has 0 aliphatic heterocycles. The number of alkyl halides is 3. The third kappa shape index (κ3) is 7.43. The second-order valence-electron chi connectivity index (χ2n) is 5.32. The molecule has 0 radical (unpaired) electrons. The summed E-state index contributed by atoms with van der Waals surface area (Å²) < 4.78 is 56.1. The Kier molecular flexibility index (Phi) is 7.11. The predicted molar refractivity (Wildman–Crippen MR) is 73.4 cm³/mol. The summed E-state index contributed by atoms with van der Waals surface area (Å²) in [5.41, 5.74) is -0.697. The summed E-state index contributed by atoms with van der Waals surface area (Å²) >= 11 is 0. The van der Waals surface area contributed by atoms with Gasteiger partial charge in [-0.3, -0.25) is 0 Å². The van der Waals surface area contributed by atoms with Crippen LogP contribution in [0.25, 0.3) is 0 Å². The van der Waals surface area contributed by atoms with E-state index in [0.29, 0.717) is 31.7 Å². The molecule has 0 saturated heterocycles. The van der Waals surface area contributed by atoms with Gasteiger partial charge >= 0.3 is 6.18 Å². The normalized spacial score (nSPS) is 12.1. The first kappa shape index (κ1) is 17.9. The maximum absolute atomic E-state index is 13.2. The number of hydrogen-bond acceptors (Lipinski definition) is 2. The van der Waals surface area contributed by atoms with Gasteiger partial charge in [0.05, 0.1) is 12.2 Å². The van der Waals surface area contributed by atoms with Crippen molar-refractivity contribution in [2.45, 2.75) is 33.0 Å². The van der Waals surface area contributed by atoms with Gasteiger partial charge in [-0.05, 0) is 36.1 Å². The maximum Gasteiger partial charge on any atom is 0.416 e. The van der Waals surface area contributed by atoms with E-state index in [1.807, 2.05) is 0 Å².